The minimum absolute atomic E-state index is 0.0100. The molecule has 0 aromatic heterocycles. The molecule has 0 saturated carbocycles. The summed E-state index contributed by atoms with van der Waals surface area (Å²) in [5, 5.41) is 19.0. The summed E-state index contributed by atoms with van der Waals surface area (Å²) in [6, 6.07) is 5.68. The van der Waals surface area contributed by atoms with Crippen LogP contribution >= 0.6 is 0 Å². The Balaban J connectivity index is 1.78. The van der Waals surface area contributed by atoms with E-state index in [0.717, 1.165) is 34.6 Å². The van der Waals surface area contributed by atoms with Crippen LogP contribution in [0.5, 0.6) is 5.75 Å². The van der Waals surface area contributed by atoms with Gasteiger partial charge in [-0.05, 0) is 42.8 Å². The molecule has 2 aromatic carbocycles. The van der Waals surface area contributed by atoms with E-state index in [4.69, 9.17) is 4.74 Å². The number of aliphatic hydroxyl groups is 1. The highest BCUT2D eigenvalue weighted by Gasteiger charge is 2.40. The Morgan fingerprint density at radius 2 is 1.81 bits per heavy atom. The number of halogens is 4. The van der Waals surface area contributed by atoms with Gasteiger partial charge < -0.3 is 14.9 Å². The first-order valence-corrected chi connectivity index (χ1v) is 10.9. The van der Waals surface area contributed by atoms with E-state index in [1.165, 1.54) is 12.1 Å². The lowest BCUT2D eigenvalue weighted by Crippen LogP contribution is -2.51. The second-order valence-electron chi connectivity index (χ2n) is 7.17. The van der Waals surface area contributed by atoms with E-state index in [1.54, 1.807) is 0 Å². The summed E-state index contributed by atoms with van der Waals surface area (Å²) in [6.45, 7) is -0.926. The first-order valence-electron chi connectivity index (χ1n) is 9.41. The van der Waals surface area contributed by atoms with Crippen molar-refractivity contribution in [3.05, 3.63) is 59.4 Å². The maximum Gasteiger partial charge on any atom is 0.416 e. The average Bonchev–Trinajstić information content (AvgIpc) is 2.72. The second kappa shape index (κ2) is 9.04. The van der Waals surface area contributed by atoms with Crippen LogP contribution in [0.3, 0.4) is 0 Å². The van der Waals surface area contributed by atoms with Gasteiger partial charge in [-0.3, -0.25) is 4.79 Å². The quantitative estimate of drug-likeness (QED) is 0.620. The van der Waals surface area contributed by atoms with Crippen LogP contribution in [0.2, 0.25) is 0 Å². The van der Waals surface area contributed by atoms with Crippen LogP contribution in [0.15, 0.2) is 47.4 Å². The van der Waals surface area contributed by atoms with Gasteiger partial charge in [0.05, 0.1) is 16.6 Å². The Kier molecular flexibility index (Phi) is 6.77. The third-order valence-electron chi connectivity index (χ3n) is 5.05. The SMILES string of the molecule is O=C(O)C1CC(O)CCN1S(=O)(=O)c1ccc(OCc2c(F)cccc2C(F)(F)F)cc1. The van der Waals surface area contributed by atoms with E-state index in [-0.39, 0.29) is 30.0 Å². The number of carboxylic acid groups (broad SMARTS) is 1. The van der Waals surface area contributed by atoms with Crippen LogP contribution in [0.4, 0.5) is 17.6 Å². The molecule has 32 heavy (non-hydrogen) atoms. The highest BCUT2D eigenvalue weighted by molar-refractivity contribution is 7.89. The van der Waals surface area contributed by atoms with E-state index in [1.807, 2.05) is 0 Å². The van der Waals surface area contributed by atoms with Crippen LogP contribution in [0, 0.1) is 5.82 Å². The Bertz CT molecular complexity index is 1090. The number of carbonyl (C=O) groups is 1. The van der Waals surface area contributed by atoms with Gasteiger partial charge in [0.2, 0.25) is 10.0 Å². The topological polar surface area (TPSA) is 104 Å². The maximum absolute atomic E-state index is 13.9. The number of benzene rings is 2. The molecule has 1 aliphatic heterocycles. The standard InChI is InChI=1S/C20H19F4NO6S/c21-17-3-1-2-16(20(22,23)24)15(17)11-31-13-4-6-14(7-5-13)32(29,30)25-9-8-12(26)10-18(25)19(27)28/h1-7,12,18,26H,8-11H2,(H,27,28). The van der Waals surface area contributed by atoms with E-state index >= 15 is 0 Å². The molecule has 1 heterocycles. The zero-order valence-electron chi connectivity index (χ0n) is 16.4. The van der Waals surface area contributed by atoms with E-state index in [9.17, 15) is 41.0 Å². The number of rotatable bonds is 6. The zero-order chi connectivity index (χ0) is 23.7. The van der Waals surface area contributed by atoms with E-state index in [2.05, 4.69) is 0 Å². The molecule has 0 spiro atoms. The summed E-state index contributed by atoms with van der Waals surface area (Å²) in [5.41, 5.74) is -1.86. The van der Waals surface area contributed by atoms with Crippen molar-refractivity contribution in [1.29, 1.82) is 0 Å². The van der Waals surface area contributed by atoms with Crippen LogP contribution in [-0.4, -0.2) is 47.6 Å². The molecule has 2 unspecified atom stereocenters. The third-order valence-corrected chi connectivity index (χ3v) is 6.97. The molecule has 0 amide bonds. The molecule has 1 fully saturated rings. The molecule has 2 N–H and O–H groups in total. The van der Waals surface area contributed by atoms with Crippen molar-refractivity contribution in [2.75, 3.05) is 6.54 Å². The lowest BCUT2D eigenvalue weighted by atomic mass is 10.0. The molecule has 3 rings (SSSR count). The van der Waals surface area contributed by atoms with Crippen LogP contribution in [-0.2, 0) is 27.6 Å². The van der Waals surface area contributed by atoms with Crippen LogP contribution < -0.4 is 4.74 Å². The number of ether oxygens (including phenoxy) is 1. The summed E-state index contributed by atoms with van der Waals surface area (Å²) in [4.78, 5) is 11.2. The average molecular weight is 477 g/mol. The molecular formula is C20H19F4NO6S. The minimum atomic E-state index is -4.78. The van der Waals surface area contributed by atoms with E-state index in [0.29, 0.717) is 0 Å². The molecule has 2 atom stereocenters. The van der Waals surface area contributed by atoms with Gasteiger partial charge in [0.25, 0.3) is 0 Å². The number of hydrogen-bond donors (Lipinski definition) is 2. The number of aliphatic carboxylic acids is 1. The van der Waals surface area contributed by atoms with Crippen molar-refractivity contribution < 1.29 is 45.7 Å². The second-order valence-corrected chi connectivity index (χ2v) is 9.06. The Morgan fingerprint density at radius 3 is 2.41 bits per heavy atom. The van der Waals surface area contributed by atoms with E-state index < -0.39 is 57.9 Å². The number of nitrogens with zero attached hydrogens (tertiary/aromatic N) is 1. The number of carboxylic acids is 1. The van der Waals surface area contributed by atoms with Crippen molar-refractivity contribution in [3.8, 4) is 5.75 Å². The predicted octanol–water partition coefficient (Wildman–Crippen LogP) is 3.02. The van der Waals surface area contributed by atoms with Crippen molar-refractivity contribution >= 4 is 16.0 Å². The van der Waals surface area contributed by atoms with Gasteiger partial charge in [-0.1, -0.05) is 6.07 Å². The van der Waals surface area contributed by atoms with Gasteiger partial charge >= 0.3 is 12.1 Å². The number of alkyl halides is 3. The molecule has 7 nitrogen and oxygen atoms in total. The van der Waals surface area contributed by atoms with Crippen molar-refractivity contribution in [2.24, 2.45) is 0 Å². The third kappa shape index (κ3) is 5.03. The number of aliphatic hydroxyl groups excluding tert-OH is 1. The largest absolute Gasteiger partial charge is 0.489 e. The molecule has 0 aliphatic carbocycles. The zero-order valence-corrected chi connectivity index (χ0v) is 17.2. The van der Waals surface area contributed by atoms with Gasteiger partial charge in [-0.15, -0.1) is 0 Å². The first-order chi connectivity index (χ1) is 14.9. The fraction of sp³-hybridized carbons (Fsp3) is 0.350. The molecule has 174 valence electrons. The minimum Gasteiger partial charge on any atom is -0.489 e. The fourth-order valence-electron chi connectivity index (χ4n) is 3.41. The molecule has 12 heteroatoms. The van der Waals surface area contributed by atoms with Crippen molar-refractivity contribution in [2.45, 2.75) is 42.7 Å². The summed E-state index contributed by atoms with van der Waals surface area (Å²) >= 11 is 0. The smallest absolute Gasteiger partial charge is 0.416 e. The maximum atomic E-state index is 13.9. The Morgan fingerprint density at radius 1 is 1.16 bits per heavy atom. The van der Waals surface area contributed by atoms with Crippen LogP contribution in [0.1, 0.15) is 24.0 Å². The van der Waals surface area contributed by atoms with Gasteiger partial charge in [-0.2, -0.15) is 17.5 Å². The molecular weight excluding hydrogens is 458 g/mol. The Labute approximate surface area is 180 Å². The predicted molar refractivity (Wildman–Crippen MR) is 103 cm³/mol. The number of sulfonamides is 1. The summed E-state index contributed by atoms with van der Waals surface area (Å²) in [7, 11) is -4.22. The Hall–Kier alpha value is -2.70. The molecule has 0 radical (unpaired) electrons. The molecule has 1 aliphatic rings. The normalized spacial score (nSPS) is 20.2. The highest BCUT2D eigenvalue weighted by atomic mass is 32.2. The number of piperidine rings is 1. The lowest BCUT2D eigenvalue weighted by molar-refractivity contribution is -0.144. The van der Waals surface area contributed by atoms with Gasteiger partial charge in [-0.25, -0.2) is 12.8 Å². The molecule has 1 saturated heterocycles. The summed E-state index contributed by atoms with van der Waals surface area (Å²) < 4.78 is 84.9. The summed E-state index contributed by atoms with van der Waals surface area (Å²) in [6.07, 6.45) is -5.88. The monoisotopic (exact) mass is 477 g/mol. The highest BCUT2D eigenvalue weighted by Crippen LogP contribution is 2.34. The first kappa shape index (κ1) is 24.0. The van der Waals surface area contributed by atoms with Crippen molar-refractivity contribution in [1.82, 2.24) is 4.31 Å². The van der Waals surface area contributed by atoms with Gasteiger partial charge in [0.15, 0.2) is 0 Å². The molecule has 2 aromatic rings. The van der Waals surface area contributed by atoms with Crippen molar-refractivity contribution in [3.63, 3.8) is 0 Å². The van der Waals surface area contributed by atoms with Gasteiger partial charge in [0.1, 0.15) is 24.2 Å². The molecule has 0 bridgehead atoms. The fourth-order valence-corrected chi connectivity index (χ4v) is 5.01. The number of hydrogen-bond acceptors (Lipinski definition) is 5. The van der Waals surface area contributed by atoms with Crippen LogP contribution in [0.25, 0.3) is 0 Å². The van der Waals surface area contributed by atoms with Gasteiger partial charge in [0, 0.05) is 18.5 Å². The summed E-state index contributed by atoms with van der Waals surface area (Å²) in [5.74, 6) is -2.49. The lowest BCUT2D eigenvalue weighted by Gasteiger charge is -2.34.